The summed E-state index contributed by atoms with van der Waals surface area (Å²) in [5.74, 6) is -2.62. The van der Waals surface area contributed by atoms with Crippen LogP contribution in [0.4, 0.5) is 11.4 Å². The molecule has 0 fully saturated rings. The lowest BCUT2D eigenvalue weighted by Gasteiger charge is -2.14. The maximum atomic E-state index is 12.7. The third kappa shape index (κ3) is 3.81. The van der Waals surface area contributed by atoms with Crippen molar-refractivity contribution in [3.05, 3.63) is 46.3 Å². The molecule has 32 heavy (non-hydrogen) atoms. The van der Waals surface area contributed by atoms with E-state index in [2.05, 4.69) is 15.0 Å². The van der Waals surface area contributed by atoms with Gasteiger partial charge in [-0.1, -0.05) is 0 Å². The van der Waals surface area contributed by atoms with E-state index in [1.165, 1.54) is 13.8 Å². The maximum Gasteiger partial charge on any atom is 0.310 e. The van der Waals surface area contributed by atoms with Gasteiger partial charge >= 0.3 is 5.97 Å². The molecule has 1 aliphatic heterocycles. The smallest absolute Gasteiger partial charge is 0.310 e. The molecule has 4 rings (SSSR count). The molecule has 2 aliphatic rings. The van der Waals surface area contributed by atoms with Crippen molar-refractivity contribution >= 4 is 50.7 Å². The molecule has 168 valence electrons. The first-order chi connectivity index (χ1) is 15.1. The SMILES string of the molecule is CCS(=O)(=O)Nc1ccc2c(c1)/C(=C/c1[nH]c3c(c1C(C)C(=O)O)C(=O)CCC3)C(=O)N2. The summed E-state index contributed by atoms with van der Waals surface area (Å²) in [5.41, 5.74) is 3.42. The van der Waals surface area contributed by atoms with E-state index in [-0.39, 0.29) is 17.1 Å². The molecule has 0 saturated carbocycles. The molecule has 9 nitrogen and oxygen atoms in total. The number of carbonyl (C=O) groups is 3. The first-order valence-electron chi connectivity index (χ1n) is 10.3. The number of carboxylic acids is 1. The lowest BCUT2D eigenvalue weighted by molar-refractivity contribution is -0.138. The van der Waals surface area contributed by atoms with E-state index < -0.39 is 27.8 Å². The van der Waals surface area contributed by atoms with Crippen LogP contribution in [0.15, 0.2) is 18.2 Å². The molecule has 2 heterocycles. The Balaban J connectivity index is 1.85. The maximum absolute atomic E-state index is 12.7. The third-order valence-corrected chi connectivity index (χ3v) is 7.11. The summed E-state index contributed by atoms with van der Waals surface area (Å²) < 4.78 is 26.3. The molecular weight excluding hydrogens is 434 g/mol. The zero-order chi connectivity index (χ0) is 23.2. The first-order valence-corrected chi connectivity index (χ1v) is 11.9. The molecule has 0 bridgehead atoms. The van der Waals surface area contributed by atoms with Crippen molar-refractivity contribution in [1.82, 2.24) is 4.98 Å². The molecule has 1 amide bonds. The number of benzene rings is 1. The van der Waals surface area contributed by atoms with E-state index >= 15 is 0 Å². The normalized spacial score (nSPS) is 17.6. The summed E-state index contributed by atoms with van der Waals surface area (Å²) in [4.78, 5) is 40.2. The second-order valence-corrected chi connectivity index (χ2v) is 9.93. The number of hydrogen-bond acceptors (Lipinski definition) is 5. The van der Waals surface area contributed by atoms with Crippen molar-refractivity contribution in [3.63, 3.8) is 0 Å². The van der Waals surface area contributed by atoms with Crippen LogP contribution in [0.1, 0.15) is 65.5 Å². The number of Topliss-reactive ketones (excluding diaryl/α,β-unsaturated/α-hetero) is 1. The van der Waals surface area contributed by atoms with Crippen LogP contribution < -0.4 is 10.0 Å². The molecule has 0 radical (unpaired) electrons. The number of rotatable bonds is 6. The van der Waals surface area contributed by atoms with Crippen molar-refractivity contribution in [2.24, 2.45) is 0 Å². The number of aromatic nitrogens is 1. The van der Waals surface area contributed by atoms with E-state index in [4.69, 9.17) is 0 Å². The van der Waals surface area contributed by atoms with Gasteiger partial charge in [-0.05, 0) is 51.0 Å². The van der Waals surface area contributed by atoms with Gasteiger partial charge in [-0.15, -0.1) is 0 Å². The molecule has 1 aromatic carbocycles. The number of amides is 1. The standard InChI is InChI=1S/C22H23N3O6S/c1-3-32(30,31)25-12-7-8-15-13(9-12)14(21(27)24-15)10-17-19(11(2)22(28)29)20-16(23-17)5-4-6-18(20)26/h7-11,23,25H,3-6H2,1-2H3,(H,24,27)(H,28,29)/b14-10-. The number of anilines is 2. The van der Waals surface area contributed by atoms with Gasteiger partial charge in [0.2, 0.25) is 10.0 Å². The van der Waals surface area contributed by atoms with Crippen LogP contribution in [-0.4, -0.2) is 41.9 Å². The summed E-state index contributed by atoms with van der Waals surface area (Å²) in [6.45, 7) is 3.03. The van der Waals surface area contributed by atoms with Crippen LogP contribution >= 0.6 is 0 Å². The Morgan fingerprint density at radius 1 is 1.28 bits per heavy atom. The Morgan fingerprint density at radius 3 is 2.72 bits per heavy atom. The summed E-state index contributed by atoms with van der Waals surface area (Å²) in [6.07, 6.45) is 3.19. The number of aromatic amines is 1. The largest absolute Gasteiger partial charge is 0.481 e. The van der Waals surface area contributed by atoms with Crippen molar-refractivity contribution in [3.8, 4) is 0 Å². The fraction of sp³-hybridized carbons (Fsp3) is 0.318. The minimum absolute atomic E-state index is 0.0948. The van der Waals surface area contributed by atoms with Gasteiger partial charge in [0.1, 0.15) is 0 Å². The van der Waals surface area contributed by atoms with Crippen LogP contribution in [0, 0.1) is 0 Å². The number of ketones is 1. The number of H-pyrrole nitrogens is 1. The van der Waals surface area contributed by atoms with Crippen LogP contribution in [0.3, 0.4) is 0 Å². The summed E-state index contributed by atoms with van der Waals surface area (Å²) in [7, 11) is -3.50. The lowest BCUT2D eigenvalue weighted by Crippen LogP contribution is -2.15. The number of carboxylic acid groups (broad SMARTS) is 1. The Hall–Kier alpha value is -3.40. The molecule has 2 aromatic rings. The van der Waals surface area contributed by atoms with Gasteiger partial charge in [-0.25, -0.2) is 8.42 Å². The van der Waals surface area contributed by atoms with Crippen LogP contribution in [-0.2, 0) is 26.0 Å². The Labute approximate surface area is 185 Å². The number of aliphatic carboxylic acids is 1. The predicted octanol–water partition coefficient (Wildman–Crippen LogP) is 2.98. The molecule has 1 unspecified atom stereocenters. The number of fused-ring (bicyclic) bond motifs is 2. The molecule has 10 heteroatoms. The highest BCUT2D eigenvalue weighted by Crippen LogP contribution is 2.38. The quantitative estimate of drug-likeness (QED) is 0.491. The fourth-order valence-electron chi connectivity index (χ4n) is 4.12. The van der Waals surface area contributed by atoms with Gasteiger partial charge in [0.15, 0.2) is 5.78 Å². The fourth-order valence-corrected chi connectivity index (χ4v) is 4.75. The van der Waals surface area contributed by atoms with E-state index in [1.807, 2.05) is 0 Å². The van der Waals surface area contributed by atoms with Gasteiger partial charge in [0.05, 0.1) is 17.2 Å². The molecule has 0 saturated heterocycles. The van der Waals surface area contributed by atoms with Crippen LogP contribution in [0.5, 0.6) is 0 Å². The number of sulfonamides is 1. The highest BCUT2D eigenvalue weighted by atomic mass is 32.2. The van der Waals surface area contributed by atoms with Crippen LogP contribution in [0.2, 0.25) is 0 Å². The topological polar surface area (TPSA) is 145 Å². The minimum Gasteiger partial charge on any atom is -0.481 e. The zero-order valence-corrected chi connectivity index (χ0v) is 18.4. The van der Waals surface area contributed by atoms with Crippen molar-refractivity contribution in [2.45, 2.75) is 39.0 Å². The Bertz CT molecular complexity index is 1290. The number of hydrogen-bond donors (Lipinski definition) is 4. The summed E-state index contributed by atoms with van der Waals surface area (Å²) >= 11 is 0. The van der Waals surface area contributed by atoms with Crippen molar-refractivity contribution in [1.29, 1.82) is 0 Å². The average Bonchev–Trinajstić information content (AvgIpc) is 3.25. The van der Waals surface area contributed by atoms with Crippen LogP contribution in [0.25, 0.3) is 11.6 Å². The van der Waals surface area contributed by atoms with E-state index in [0.717, 1.165) is 0 Å². The van der Waals surface area contributed by atoms with Gasteiger partial charge in [-0.3, -0.25) is 19.1 Å². The molecule has 4 N–H and O–H groups in total. The lowest BCUT2D eigenvalue weighted by atomic mass is 9.87. The van der Waals surface area contributed by atoms with Crippen molar-refractivity contribution in [2.75, 3.05) is 15.8 Å². The molecule has 1 aromatic heterocycles. The van der Waals surface area contributed by atoms with Gasteiger partial charge in [0, 0.05) is 45.9 Å². The molecule has 1 aliphatic carbocycles. The van der Waals surface area contributed by atoms with E-state index in [1.54, 1.807) is 24.3 Å². The highest BCUT2D eigenvalue weighted by molar-refractivity contribution is 7.92. The number of carbonyl (C=O) groups excluding carboxylic acids is 2. The summed E-state index contributed by atoms with van der Waals surface area (Å²) in [5, 5.41) is 12.3. The molecule has 0 spiro atoms. The third-order valence-electron chi connectivity index (χ3n) is 5.80. The van der Waals surface area contributed by atoms with E-state index in [9.17, 15) is 27.9 Å². The van der Waals surface area contributed by atoms with Crippen molar-refractivity contribution < 1.29 is 27.9 Å². The molecule has 1 atom stereocenters. The monoisotopic (exact) mass is 457 g/mol. The van der Waals surface area contributed by atoms with Gasteiger partial charge < -0.3 is 15.4 Å². The minimum atomic E-state index is -3.50. The second-order valence-electron chi connectivity index (χ2n) is 7.92. The van der Waals surface area contributed by atoms with Gasteiger partial charge in [-0.2, -0.15) is 0 Å². The Kier molecular flexibility index (Phi) is 5.41. The summed E-state index contributed by atoms with van der Waals surface area (Å²) in [6, 6.07) is 4.71. The second kappa shape index (κ2) is 7.94. The number of aryl methyl sites for hydroxylation is 1. The molecular formula is C22H23N3O6S. The van der Waals surface area contributed by atoms with Gasteiger partial charge in [0.25, 0.3) is 5.91 Å². The van der Waals surface area contributed by atoms with E-state index in [0.29, 0.717) is 58.7 Å². The highest BCUT2D eigenvalue weighted by Gasteiger charge is 2.32. The first kappa shape index (κ1) is 21.8. The predicted molar refractivity (Wildman–Crippen MR) is 120 cm³/mol. The Morgan fingerprint density at radius 2 is 2.03 bits per heavy atom. The zero-order valence-electron chi connectivity index (χ0n) is 17.6. The average molecular weight is 458 g/mol. The number of nitrogens with one attached hydrogen (secondary N) is 3.